The molecule has 2 aliphatic rings. The van der Waals surface area contributed by atoms with E-state index < -0.39 is 0 Å². The van der Waals surface area contributed by atoms with E-state index in [0.717, 1.165) is 5.92 Å². The highest BCUT2D eigenvalue weighted by Gasteiger charge is 2.43. The maximum absolute atomic E-state index is 2.35. The molecule has 2 aliphatic carbocycles. The predicted octanol–water partition coefficient (Wildman–Crippen LogP) is 2.83. The molecule has 0 amide bonds. The molecule has 2 saturated carbocycles. The Kier molecular flexibility index (Phi) is 1.28. The second-order valence-corrected chi connectivity index (χ2v) is 3.76. The molecule has 0 heteroatoms. The Morgan fingerprint density at radius 1 is 1.33 bits per heavy atom. The molecule has 0 aliphatic heterocycles. The maximum atomic E-state index is 2.35. The fourth-order valence-electron chi connectivity index (χ4n) is 2.54. The van der Waals surface area contributed by atoms with Crippen molar-refractivity contribution in [1.29, 1.82) is 0 Å². The summed E-state index contributed by atoms with van der Waals surface area (Å²) in [7, 11) is 0. The van der Waals surface area contributed by atoms with Gasteiger partial charge in [0.05, 0.1) is 0 Å². The topological polar surface area (TPSA) is 0 Å². The van der Waals surface area contributed by atoms with E-state index >= 15 is 0 Å². The summed E-state index contributed by atoms with van der Waals surface area (Å²) in [6.07, 6.45) is 7.65. The molecule has 3 atom stereocenters. The van der Waals surface area contributed by atoms with Gasteiger partial charge in [-0.05, 0) is 24.2 Å². The molecule has 0 spiro atoms. The van der Waals surface area contributed by atoms with Gasteiger partial charge in [0.15, 0.2) is 0 Å². The molecule has 2 unspecified atom stereocenters. The average molecular weight is 124 g/mol. The molecule has 0 nitrogen and oxygen atoms in total. The van der Waals surface area contributed by atoms with Crippen LogP contribution in [0.2, 0.25) is 0 Å². The minimum Gasteiger partial charge on any atom is -0.0651 e. The third-order valence-electron chi connectivity index (χ3n) is 3.26. The Labute approximate surface area is 57.6 Å². The van der Waals surface area contributed by atoms with Crippen LogP contribution in [0, 0.1) is 17.8 Å². The third kappa shape index (κ3) is 0.889. The van der Waals surface area contributed by atoms with Crippen LogP contribution < -0.4 is 0 Å². The van der Waals surface area contributed by atoms with Crippen LogP contribution in [0.15, 0.2) is 0 Å². The first kappa shape index (κ1) is 5.76. The first-order valence-corrected chi connectivity index (χ1v) is 4.42. The second kappa shape index (κ2) is 2.00. The summed E-state index contributed by atoms with van der Waals surface area (Å²) in [5.41, 5.74) is 0. The summed E-state index contributed by atoms with van der Waals surface area (Å²) in [5.74, 6) is 3.50. The van der Waals surface area contributed by atoms with E-state index in [1.807, 2.05) is 0 Å². The Morgan fingerprint density at radius 2 is 2.22 bits per heavy atom. The summed E-state index contributed by atoms with van der Waals surface area (Å²) in [6, 6.07) is 0. The molecule has 0 aromatic heterocycles. The smallest absolute Gasteiger partial charge is 0.0355 e. The minimum absolute atomic E-state index is 1.13. The first-order valence-electron chi connectivity index (χ1n) is 4.42. The SMILES string of the molecule is CCC1CCC[C@H]2CC12. The molecule has 0 N–H and O–H groups in total. The molecule has 0 aromatic rings. The Hall–Kier alpha value is 0. The molecular formula is C9H16. The predicted molar refractivity (Wildman–Crippen MR) is 39.2 cm³/mol. The highest BCUT2D eigenvalue weighted by molar-refractivity contribution is 4.93. The molecule has 0 bridgehead atoms. The van der Waals surface area contributed by atoms with Crippen LogP contribution in [0.4, 0.5) is 0 Å². The van der Waals surface area contributed by atoms with Gasteiger partial charge < -0.3 is 0 Å². The van der Waals surface area contributed by atoms with Crippen molar-refractivity contribution in [2.75, 3.05) is 0 Å². The summed E-state index contributed by atoms with van der Waals surface area (Å²) >= 11 is 0. The summed E-state index contributed by atoms with van der Waals surface area (Å²) in [5, 5.41) is 0. The van der Waals surface area contributed by atoms with Crippen molar-refractivity contribution in [2.45, 2.75) is 39.0 Å². The molecule has 2 fully saturated rings. The van der Waals surface area contributed by atoms with E-state index in [4.69, 9.17) is 0 Å². The van der Waals surface area contributed by atoms with Gasteiger partial charge in [0, 0.05) is 0 Å². The molecule has 0 radical (unpaired) electrons. The van der Waals surface area contributed by atoms with Crippen molar-refractivity contribution in [1.82, 2.24) is 0 Å². The molecule has 0 aromatic carbocycles. The van der Waals surface area contributed by atoms with Crippen LogP contribution in [0.1, 0.15) is 39.0 Å². The van der Waals surface area contributed by atoms with Gasteiger partial charge >= 0.3 is 0 Å². The summed E-state index contributed by atoms with van der Waals surface area (Å²) < 4.78 is 0. The van der Waals surface area contributed by atoms with Gasteiger partial charge in [-0.3, -0.25) is 0 Å². The highest BCUT2D eigenvalue weighted by Crippen LogP contribution is 2.53. The molecule has 2 rings (SSSR count). The van der Waals surface area contributed by atoms with E-state index in [2.05, 4.69) is 6.92 Å². The molecule has 0 heterocycles. The molecule has 0 saturated heterocycles. The lowest BCUT2D eigenvalue weighted by molar-refractivity contribution is 0.327. The maximum Gasteiger partial charge on any atom is -0.0355 e. The van der Waals surface area contributed by atoms with Crippen molar-refractivity contribution in [3.63, 3.8) is 0 Å². The Balaban J connectivity index is 1.93. The van der Waals surface area contributed by atoms with Crippen LogP contribution in [-0.4, -0.2) is 0 Å². The minimum atomic E-state index is 1.13. The zero-order chi connectivity index (χ0) is 6.27. The average Bonchev–Trinajstić information content (AvgIpc) is 2.64. The molecular weight excluding hydrogens is 108 g/mol. The van der Waals surface area contributed by atoms with Gasteiger partial charge in [0.2, 0.25) is 0 Å². The van der Waals surface area contributed by atoms with Gasteiger partial charge in [-0.1, -0.05) is 32.6 Å². The molecule has 9 heavy (non-hydrogen) atoms. The van der Waals surface area contributed by atoms with Crippen LogP contribution >= 0.6 is 0 Å². The number of hydrogen-bond donors (Lipinski definition) is 0. The highest BCUT2D eigenvalue weighted by atomic mass is 14.5. The number of rotatable bonds is 1. The van der Waals surface area contributed by atoms with Crippen molar-refractivity contribution < 1.29 is 0 Å². The van der Waals surface area contributed by atoms with E-state index in [0.29, 0.717) is 0 Å². The lowest BCUT2D eigenvalue weighted by atomic mass is 9.87. The fourth-order valence-corrected chi connectivity index (χ4v) is 2.54. The van der Waals surface area contributed by atoms with E-state index in [1.54, 1.807) is 12.8 Å². The number of hydrogen-bond acceptors (Lipinski definition) is 0. The lowest BCUT2D eigenvalue weighted by Gasteiger charge is -2.18. The lowest BCUT2D eigenvalue weighted by Crippen LogP contribution is -2.07. The van der Waals surface area contributed by atoms with E-state index in [-0.39, 0.29) is 0 Å². The van der Waals surface area contributed by atoms with E-state index in [1.165, 1.54) is 31.1 Å². The van der Waals surface area contributed by atoms with Crippen LogP contribution in [0.25, 0.3) is 0 Å². The Bertz CT molecular complexity index is 107. The largest absolute Gasteiger partial charge is 0.0651 e. The monoisotopic (exact) mass is 124 g/mol. The van der Waals surface area contributed by atoms with Crippen LogP contribution in [0.5, 0.6) is 0 Å². The molecule has 52 valence electrons. The normalized spacial score (nSPS) is 48.3. The van der Waals surface area contributed by atoms with Gasteiger partial charge in [-0.25, -0.2) is 0 Å². The van der Waals surface area contributed by atoms with Gasteiger partial charge in [-0.15, -0.1) is 0 Å². The summed E-state index contributed by atoms with van der Waals surface area (Å²) in [6.45, 7) is 2.35. The van der Waals surface area contributed by atoms with Gasteiger partial charge in [0.25, 0.3) is 0 Å². The zero-order valence-electron chi connectivity index (χ0n) is 6.27. The van der Waals surface area contributed by atoms with E-state index in [9.17, 15) is 0 Å². The van der Waals surface area contributed by atoms with Crippen molar-refractivity contribution in [3.05, 3.63) is 0 Å². The van der Waals surface area contributed by atoms with Crippen LogP contribution in [-0.2, 0) is 0 Å². The summed E-state index contributed by atoms with van der Waals surface area (Å²) in [4.78, 5) is 0. The van der Waals surface area contributed by atoms with Gasteiger partial charge in [-0.2, -0.15) is 0 Å². The quantitative estimate of drug-likeness (QED) is 0.504. The second-order valence-electron chi connectivity index (χ2n) is 3.76. The fraction of sp³-hybridized carbons (Fsp3) is 1.00. The van der Waals surface area contributed by atoms with Crippen molar-refractivity contribution in [3.8, 4) is 0 Å². The van der Waals surface area contributed by atoms with Crippen LogP contribution in [0.3, 0.4) is 0 Å². The standard InChI is InChI=1S/C9H16/c1-2-7-4-3-5-8-6-9(7)8/h7-9H,2-6H2,1H3/t7?,8-,9?/m0/s1. The first-order chi connectivity index (χ1) is 4.42. The number of fused-ring (bicyclic) bond motifs is 1. The van der Waals surface area contributed by atoms with Crippen molar-refractivity contribution >= 4 is 0 Å². The van der Waals surface area contributed by atoms with Gasteiger partial charge in [0.1, 0.15) is 0 Å². The zero-order valence-corrected chi connectivity index (χ0v) is 6.27. The Morgan fingerprint density at radius 3 is 2.89 bits per heavy atom. The van der Waals surface area contributed by atoms with Crippen molar-refractivity contribution in [2.24, 2.45) is 17.8 Å². The third-order valence-corrected chi connectivity index (χ3v) is 3.26.